The summed E-state index contributed by atoms with van der Waals surface area (Å²) in [4.78, 5) is 20.0. The van der Waals surface area contributed by atoms with Crippen molar-refractivity contribution in [1.82, 2.24) is 0 Å². The summed E-state index contributed by atoms with van der Waals surface area (Å²) >= 11 is 0. The second-order valence-corrected chi connectivity index (χ2v) is 8.26. The van der Waals surface area contributed by atoms with E-state index in [2.05, 4.69) is 20.1 Å². The van der Waals surface area contributed by atoms with E-state index in [1.54, 1.807) is 0 Å². The van der Waals surface area contributed by atoms with Crippen molar-refractivity contribution in [3.63, 3.8) is 0 Å². The standard InChI is InChI=1S/C24H46O2.C3H4O2/c1-3-5-6-7-8-9-10-11-12-13-14-15-16-17-18-19-20-21-22-23-26-24(25)4-2;1-2-3(4)5/h4H,2-3,5-23H2,1H3;2H,1H2,(H,4,5)/p-1. The van der Waals surface area contributed by atoms with Gasteiger partial charge < -0.3 is 14.6 Å². The van der Waals surface area contributed by atoms with Crippen LogP contribution in [0.3, 0.4) is 0 Å². The topological polar surface area (TPSA) is 66.4 Å². The minimum Gasteiger partial charge on any atom is -0.545 e. The highest BCUT2D eigenvalue weighted by molar-refractivity contribution is 5.81. The summed E-state index contributed by atoms with van der Waals surface area (Å²) in [7, 11) is 0. The van der Waals surface area contributed by atoms with Gasteiger partial charge in [0.25, 0.3) is 0 Å². The molecule has 0 bridgehead atoms. The molecule has 0 aliphatic rings. The molecular formula is C27H49O4-. The Morgan fingerprint density at radius 3 is 1.16 bits per heavy atom. The van der Waals surface area contributed by atoms with Crippen LogP contribution in [0.15, 0.2) is 25.3 Å². The van der Waals surface area contributed by atoms with Gasteiger partial charge in [0.05, 0.1) is 12.6 Å². The molecule has 31 heavy (non-hydrogen) atoms. The Morgan fingerprint density at radius 1 is 0.613 bits per heavy atom. The Bertz CT molecular complexity index is 417. The fourth-order valence-corrected chi connectivity index (χ4v) is 3.41. The molecule has 0 N–H and O–H groups in total. The third-order valence-corrected chi connectivity index (χ3v) is 5.33. The zero-order chi connectivity index (χ0) is 23.4. The van der Waals surface area contributed by atoms with Crippen LogP contribution in [0.25, 0.3) is 0 Å². The number of carboxylic acids is 1. The van der Waals surface area contributed by atoms with E-state index in [1.165, 1.54) is 122 Å². The molecule has 0 aromatic carbocycles. The molecule has 182 valence electrons. The zero-order valence-corrected chi connectivity index (χ0v) is 20.3. The number of rotatable bonds is 22. The minimum atomic E-state index is -1.23. The van der Waals surface area contributed by atoms with Gasteiger partial charge in [0.15, 0.2) is 0 Å². The van der Waals surface area contributed by atoms with Gasteiger partial charge >= 0.3 is 5.97 Å². The van der Waals surface area contributed by atoms with E-state index in [9.17, 15) is 4.79 Å². The average Bonchev–Trinajstić information content (AvgIpc) is 2.77. The van der Waals surface area contributed by atoms with E-state index < -0.39 is 5.97 Å². The number of ether oxygens (including phenoxy) is 1. The molecule has 0 saturated carbocycles. The van der Waals surface area contributed by atoms with E-state index in [1.807, 2.05) is 0 Å². The highest BCUT2D eigenvalue weighted by Gasteiger charge is 1.97. The first-order chi connectivity index (χ1) is 15.1. The van der Waals surface area contributed by atoms with E-state index in [4.69, 9.17) is 14.6 Å². The number of carbonyl (C=O) groups excluding carboxylic acids is 2. The number of esters is 1. The lowest BCUT2D eigenvalue weighted by Gasteiger charge is -2.04. The molecule has 0 atom stereocenters. The van der Waals surface area contributed by atoms with E-state index in [-0.39, 0.29) is 5.97 Å². The van der Waals surface area contributed by atoms with Crippen LogP contribution in [0.1, 0.15) is 129 Å². The molecule has 0 aromatic heterocycles. The summed E-state index contributed by atoms with van der Waals surface area (Å²) in [6, 6.07) is 0. The first kappa shape index (κ1) is 31.6. The quantitative estimate of drug-likeness (QED) is 0.103. The predicted molar refractivity (Wildman–Crippen MR) is 130 cm³/mol. The molecule has 0 saturated heterocycles. The molecule has 0 rings (SSSR count). The molecule has 0 aliphatic carbocycles. The van der Waals surface area contributed by atoms with Crippen LogP contribution in [0.2, 0.25) is 0 Å². The van der Waals surface area contributed by atoms with Crippen molar-refractivity contribution in [1.29, 1.82) is 0 Å². The molecule has 0 aliphatic heterocycles. The van der Waals surface area contributed by atoms with E-state index >= 15 is 0 Å². The molecule has 0 heterocycles. The van der Waals surface area contributed by atoms with Crippen molar-refractivity contribution in [2.24, 2.45) is 0 Å². The van der Waals surface area contributed by atoms with Crippen LogP contribution in [0.4, 0.5) is 0 Å². The van der Waals surface area contributed by atoms with Crippen molar-refractivity contribution < 1.29 is 19.4 Å². The zero-order valence-electron chi connectivity index (χ0n) is 20.3. The Kier molecular flexibility index (Phi) is 29.0. The Labute approximate surface area is 192 Å². The van der Waals surface area contributed by atoms with Crippen molar-refractivity contribution >= 4 is 11.9 Å². The first-order valence-corrected chi connectivity index (χ1v) is 12.7. The van der Waals surface area contributed by atoms with Crippen LogP contribution >= 0.6 is 0 Å². The number of hydrogen-bond donors (Lipinski definition) is 0. The number of carboxylic acid groups (broad SMARTS) is 1. The number of hydrogen-bond acceptors (Lipinski definition) is 4. The highest BCUT2D eigenvalue weighted by Crippen LogP contribution is 2.14. The first-order valence-electron chi connectivity index (χ1n) is 12.7. The summed E-state index contributed by atoms with van der Waals surface area (Å²) in [6.07, 6.45) is 28.1. The maximum atomic E-state index is 10.9. The van der Waals surface area contributed by atoms with Crippen molar-refractivity contribution in [2.45, 2.75) is 129 Å². The lowest BCUT2D eigenvalue weighted by molar-refractivity contribution is -0.297. The lowest BCUT2D eigenvalue weighted by Crippen LogP contribution is -2.17. The van der Waals surface area contributed by atoms with Crippen LogP contribution in [0.5, 0.6) is 0 Å². The molecule has 0 unspecified atom stereocenters. The second kappa shape index (κ2) is 28.4. The molecule has 0 radical (unpaired) electrons. The highest BCUT2D eigenvalue weighted by atomic mass is 16.5. The summed E-state index contributed by atoms with van der Waals surface area (Å²) in [5, 5.41) is 9.14. The Morgan fingerprint density at radius 2 is 0.903 bits per heavy atom. The van der Waals surface area contributed by atoms with Gasteiger partial charge in [-0.3, -0.25) is 0 Å². The fourth-order valence-electron chi connectivity index (χ4n) is 3.41. The summed E-state index contributed by atoms with van der Waals surface area (Å²) in [5.74, 6) is -1.53. The molecule has 4 nitrogen and oxygen atoms in total. The Balaban J connectivity index is 0. The van der Waals surface area contributed by atoms with Gasteiger partial charge in [-0.1, -0.05) is 136 Å². The third kappa shape index (κ3) is 33.3. The maximum absolute atomic E-state index is 10.9. The number of carbonyl (C=O) groups is 2. The minimum absolute atomic E-state index is 0.299. The largest absolute Gasteiger partial charge is 0.545 e. The predicted octanol–water partition coefficient (Wildman–Crippen LogP) is 7.07. The van der Waals surface area contributed by atoms with Crippen LogP contribution in [0, 0.1) is 0 Å². The lowest BCUT2D eigenvalue weighted by atomic mass is 10.0. The van der Waals surface area contributed by atoms with Crippen LogP contribution < -0.4 is 5.11 Å². The molecular weight excluding hydrogens is 388 g/mol. The van der Waals surface area contributed by atoms with Gasteiger partial charge in [-0.25, -0.2) is 4.79 Å². The van der Waals surface area contributed by atoms with Crippen molar-refractivity contribution in [2.75, 3.05) is 6.61 Å². The number of unbranched alkanes of at least 4 members (excludes halogenated alkanes) is 18. The Hall–Kier alpha value is -1.58. The molecule has 4 heteroatoms. The summed E-state index contributed by atoms with van der Waals surface area (Å²) in [5.41, 5.74) is 0. The van der Waals surface area contributed by atoms with Gasteiger partial charge in [-0.2, -0.15) is 0 Å². The van der Waals surface area contributed by atoms with Gasteiger partial charge in [0, 0.05) is 6.08 Å². The van der Waals surface area contributed by atoms with Gasteiger partial charge in [0.2, 0.25) is 0 Å². The monoisotopic (exact) mass is 437 g/mol. The summed E-state index contributed by atoms with van der Waals surface area (Å²) in [6.45, 7) is 9.12. The van der Waals surface area contributed by atoms with Gasteiger partial charge in [-0.15, -0.1) is 0 Å². The van der Waals surface area contributed by atoms with Crippen molar-refractivity contribution in [3.05, 3.63) is 25.3 Å². The smallest absolute Gasteiger partial charge is 0.330 e. The van der Waals surface area contributed by atoms with Crippen molar-refractivity contribution in [3.8, 4) is 0 Å². The van der Waals surface area contributed by atoms with Gasteiger partial charge in [-0.05, 0) is 12.5 Å². The number of aliphatic carboxylic acids is 1. The van der Waals surface area contributed by atoms with E-state index in [0.717, 1.165) is 12.5 Å². The maximum Gasteiger partial charge on any atom is 0.330 e. The normalized spacial score (nSPS) is 10.1. The molecule has 0 amide bonds. The van der Waals surface area contributed by atoms with Gasteiger partial charge in [0.1, 0.15) is 0 Å². The molecule has 0 spiro atoms. The van der Waals surface area contributed by atoms with E-state index in [0.29, 0.717) is 6.61 Å². The third-order valence-electron chi connectivity index (χ3n) is 5.33. The average molecular weight is 438 g/mol. The summed E-state index contributed by atoms with van der Waals surface area (Å²) < 4.78 is 4.97. The van der Waals surface area contributed by atoms with Crippen LogP contribution in [-0.4, -0.2) is 18.5 Å². The second-order valence-electron chi connectivity index (χ2n) is 8.26. The molecule has 0 fully saturated rings. The SMILES string of the molecule is C=CC(=O)OCCCCCCCCCCCCCCCCCCCCC.C=CC(=O)[O-]. The molecule has 0 aromatic rings. The van der Waals surface area contributed by atoms with Crippen LogP contribution in [-0.2, 0) is 14.3 Å². The fraction of sp³-hybridized carbons (Fsp3) is 0.778.